The number of furan rings is 1. The molecule has 3 aromatic heterocycles. The molecule has 0 radical (unpaired) electrons. The maximum absolute atomic E-state index is 14.1. The van der Waals surface area contributed by atoms with Crippen molar-refractivity contribution < 1.29 is 18.1 Å². The first-order valence-corrected chi connectivity index (χ1v) is 7.91. The van der Waals surface area contributed by atoms with Crippen LogP contribution in [0.5, 0.6) is 0 Å². The van der Waals surface area contributed by atoms with E-state index in [0.29, 0.717) is 22.5 Å². The molecule has 130 valence electrons. The zero-order valence-electron chi connectivity index (χ0n) is 14.0. The molecule has 0 unspecified atom stereocenters. The molecule has 0 aliphatic rings. The van der Waals surface area contributed by atoms with E-state index >= 15 is 0 Å². The summed E-state index contributed by atoms with van der Waals surface area (Å²) in [7, 11) is 0. The molecule has 1 amide bonds. The highest BCUT2D eigenvalue weighted by molar-refractivity contribution is 6.13. The number of aromatic nitrogens is 2. The molecule has 26 heavy (non-hydrogen) atoms. The van der Waals surface area contributed by atoms with Crippen molar-refractivity contribution in [3.63, 3.8) is 0 Å². The maximum Gasteiger partial charge on any atom is 0.259 e. The van der Waals surface area contributed by atoms with Crippen LogP contribution in [0.15, 0.2) is 51.6 Å². The normalized spacial score (nSPS) is 11.0. The van der Waals surface area contributed by atoms with Gasteiger partial charge in [0.05, 0.1) is 28.6 Å². The van der Waals surface area contributed by atoms with Crippen LogP contribution in [0.2, 0.25) is 0 Å². The Balaban J connectivity index is 1.81. The van der Waals surface area contributed by atoms with E-state index in [1.54, 1.807) is 38.1 Å². The molecule has 3 heterocycles. The summed E-state index contributed by atoms with van der Waals surface area (Å²) < 4.78 is 24.6. The van der Waals surface area contributed by atoms with Gasteiger partial charge in [0.25, 0.3) is 11.6 Å². The first-order valence-electron chi connectivity index (χ1n) is 7.91. The second-order valence-corrected chi connectivity index (χ2v) is 5.92. The van der Waals surface area contributed by atoms with Crippen LogP contribution in [0, 0.1) is 19.7 Å². The molecular weight excluding hydrogens is 337 g/mol. The summed E-state index contributed by atoms with van der Waals surface area (Å²) in [5, 5.41) is 6.95. The highest BCUT2D eigenvalue weighted by atomic mass is 19.1. The van der Waals surface area contributed by atoms with Crippen LogP contribution in [0.4, 0.5) is 10.1 Å². The first-order chi connectivity index (χ1) is 12.5. The molecule has 0 bridgehead atoms. The summed E-state index contributed by atoms with van der Waals surface area (Å²) >= 11 is 0. The minimum absolute atomic E-state index is 0.0965. The van der Waals surface area contributed by atoms with E-state index in [0.717, 1.165) is 5.56 Å². The van der Waals surface area contributed by atoms with Gasteiger partial charge >= 0.3 is 0 Å². The Morgan fingerprint density at radius 3 is 2.77 bits per heavy atom. The van der Waals surface area contributed by atoms with Gasteiger partial charge in [-0.2, -0.15) is 0 Å². The Hall–Kier alpha value is -3.48. The lowest BCUT2D eigenvalue weighted by molar-refractivity contribution is 0.102. The average Bonchev–Trinajstić information content (AvgIpc) is 3.27. The Kier molecular flexibility index (Phi) is 3.76. The molecule has 0 fully saturated rings. The summed E-state index contributed by atoms with van der Waals surface area (Å²) in [6.45, 7) is 3.49. The molecule has 6 nitrogen and oxygen atoms in total. The van der Waals surface area contributed by atoms with Gasteiger partial charge < -0.3 is 14.3 Å². The number of fused-ring (bicyclic) bond motifs is 1. The minimum Gasteiger partial charge on any atom is -0.463 e. The van der Waals surface area contributed by atoms with Crippen LogP contribution in [-0.4, -0.2) is 16.0 Å². The predicted octanol–water partition coefficient (Wildman–Crippen LogP) is 4.49. The number of carbonyl (C=O) groups excluding carboxylic acids is 1. The van der Waals surface area contributed by atoms with Crippen LogP contribution in [-0.2, 0) is 0 Å². The lowest BCUT2D eigenvalue weighted by atomic mass is 10.1. The van der Waals surface area contributed by atoms with Gasteiger partial charge in [0, 0.05) is 0 Å². The van der Waals surface area contributed by atoms with Gasteiger partial charge in [0.2, 0.25) is 0 Å². The number of rotatable bonds is 3. The van der Waals surface area contributed by atoms with Crippen molar-refractivity contribution in [2.75, 3.05) is 5.32 Å². The van der Waals surface area contributed by atoms with Crippen molar-refractivity contribution >= 4 is 22.7 Å². The van der Waals surface area contributed by atoms with Gasteiger partial charge in [-0.15, -0.1) is 0 Å². The number of pyridine rings is 1. The molecule has 0 aliphatic heterocycles. The number of carbonyl (C=O) groups is 1. The number of hydrogen-bond donors (Lipinski definition) is 1. The van der Waals surface area contributed by atoms with Gasteiger partial charge in [-0.05, 0) is 49.7 Å². The van der Waals surface area contributed by atoms with Crippen LogP contribution >= 0.6 is 0 Å². The van der Waals surface area contributed by atoms with Crippen molar-refractivity contribution in [2.45, 2.75) is 13.8 Å². The third-order valence-electron chi connectivity index (χ3n) is 4.01. The smallest absolute Gasteiger partial charge is 0.259 e. The molecule has 1 N–H and O–H groups in total. The summed E-state index contributed by atoms with van der Waals surface area (Å²) in [5.41, 5.74) is 2.30. The van der Waals surface area contributed by atoms with Gasteiger partial charge in [-0.1, -0.05) is 11.2 Å². The maximum atomic E-state index is 14.1. The number of nitrogens with zero attached hydrogens (tertiary/aromatic N) is 2. The fourth-order valence-electron chi connectivity index (χ4n) is 2.74. The molecular formula is C19H14FN3O3. The van der Waals surface area contributed by atoms with Gasteiger partial charge in [-0.25, -0.2) is 9.37 Å². The molecule has 7 heteroatoms. The van der Waals surface area contributed by atoms with Crippen molar-refractivity contribution in [2.24, 2.45) is 0 Å². The van der Waals surface area contributed by atoms with Crippen molar-refractivity contribution in [1.82, 2.24) is 10.1 Å². The number of aryl methyl sites for hydroxylation is 2. The van der Waals surface area contributed by atoms with Crippen LogP contribution in [0.25, 0.3) is 22.6 Å². The summed E-state index contributed by atoms with van der Waals surface area (Å²) in [6, 6.07) is 9.62. The zero-order valence-corrected chi connectivity index (χ0v) is 14.0. The Morgan fingerprint density at radius 1 is 1.19 bits per heavy atom. The van der Waals surface area contributed by atoms with E-state index in [2.05, 4.69) is 15.5 Å². The van der Waals surface area contributed by atoms with Crippen LogP contribution in [0.3, 0.4) is 0 Å². The Bertz CT molecular complexity index is 1120. The Morgan fingerprint density at radius 2 is 2.04 bits per heavy atom. The lowest BCUT2D eigenvalue weighted by Gasteiger charge is -2.09. The topological polar surface area (TPSA) is 81.2 Å². The zero-order chi connectivity index (χ0) is 18.3. The van der Waals surface area contributed by atoms with Gasteiger partial charge in [0.15, 0.2) is 5.76 Å². The molecule has 0 atom stereocenters. The third-order valence-corrected chi connectivity index (χ3v) is 4.01. The second-order valence-electron chi connectivity index (χ2n) is 5.92. The number of hydrogen-bond acceptors (Lipinski definition) is 5. The molecule has 0 aliphatic carbocycles. The standard InChI is InChI=1S/C19H14FN3O3/c1-10-5-6-14(13(20)8-10)21-18(24)12-9-15(16-4-3-7-25-16)22-19-17(12)11(2)23-26-19/h3-9H,1-2H3,(H,21,24). The molecule has 4 aromatic rings. The number of benzene rings is 1. The minimum atomic E-state index is -0.503. The molecule has 0 saturated carbocycles. The van der Waals surface area contributed by atoms with Gasteiger partial charge in [-0.3, -0.25) is 4.79 Å². The van der Waals surface area contributed by atoms with E-state index < -0.39 is 11.7 Å². The second kappa shape index (κ2) is 6.11. The molecule has 0 saturated heterocycles. The lowest BCUT2D eigenvalue weighted by Crippen LogP contribution is -2.14. The number of halogens is 1. The van der Waals surface area contributed by atoms with E-state index in [9.17, 15) is 9.18 Å². The fourth-order valence-corrected chi connectivity index (χ4v) is 2.74. The van der Waals surface area contributed by atoms with Crippen LogP contribution < -0.4 is 5.32 Å². The van der Waals surface area contributed by atoms with E-state index in [-0.39, 0.29) is 17.0 Å². The fraction of sp³-hybridized carbons (Fsp3) is 0.105. The summed E-state index contributed by atoms with van der Waals surface area (Å²) in [6.07, 6.45) is 1.51. The number of amides is 1. The molecule has 4 rings (SSSR count). The Labute approximate surface area is 147 Å². The van der Waals surface area contributed by atoms with E-state index in [1.807, 2.05) is 0 Å². The third kappa shape index (κ3) is 2.73. The predicted molar refractivity (Wildman–Crippen MR) is 93.3 cm³/mol. The number of anilines is 1. The monoisotopic (exact) mass is 351 g/mol. The highest BCUT2D eigenvalue weighted by Crippen LogP contribution is 2.28. The average molecular weight is 351 g/mol. The van der Waals surface area contributed by atoms with Gasteiger partial charge in [0.1, 0.15) is 11.5 Å². The van der Waals surface area contributed by atoms with Crippen LogP contribution in [0.1, 0.15) is 21.6 Å². The largest absolute Gasteiger partial charge is 0.463 e. The molecule has 1 aromatic carbocycles. The highest BCUT2D eigenvalue weighted by Gasteiger charge is 2.21. The van der Waals surface area contributed by atoms with E-state index in [1.165, 1.54) is 18.4 Å². The quantitative estimate of drug-likeness (QED) is 0.588. The summed E-state index contributed by atoms with van der Waals surface area (Å²) in [5.74, 6) is -0.507. The van der Waals surface area contributed by atoms with E-state index in [4.69, 9.17) is 8.94 Å². The van der Waals surface area contributed by atoms with Crippen molar-refractivity contribution in [1.29, 1.82) is 0 Å². The SMILES string of the molecule is Cc1ccc(NC(=O)c2cc(-c3ccco3)nc3onc(C)c23)c(F)c1. The summed E-state index contributed by atoms with van der Waals surface area (Å²) in [4.78, 5) is 17.2. The van der Waals surface area contributed by atoms with Crippen molar-refractivity contribution in [3.8, 4) is 11.5 Å². The molecule has 0 spiro atoms. The van der Waals surface area contributed by atoms with Crippen molar-refractivity contribution in [3.05, 3.63) is 65.3 Å². The first kappa shape index (κ1) is 16.0. The number of nitrogens with one attached hydrogen (secondary N) is 1.